The Hall–Kier alpha value is -1.94. The number of hydrogen-bond donors (Lipinski definition) is 2. The molecule has 10 heteroatoms. The van der Waals surface area contributed by atoms with Crippen molar-refractivity contribution in [1.82, 2.24) is 14.9 Å². The van der Waals surface area contributed by atoms with Crippen molar-refractivity contribution < 1.29 is 21.9 Å². The second kappa shape index (κ2) is 9.13. The summed E-state index contributed by atoms with van der Waals surface area (Å²) in [5.41, 5.74) is 0.184. The molecule has 1 aromatic carbocycles. The molecule has 0 unspecified atom stereocenters. The highest BCUT2D eigenvalue weighted by Gasteiger charge is 2.23. The van der Waals surface area contributed by atoms with E-state index in [1.165, 1.54) is 12.1 Å². The van der Waals surface area contributed by atoms with E-state index < -0.39 is 22.2 Å². The zero-order valence-electron chi connectivity index (χ0n) is 15.6. The van der Waals surface area contributed by atoms with Gasteiger partial charge in [0.2, 0.25) is 10.0 Å². The molecule has 0 bridgehead atoms. The number of guanidine groups is 1. The number of rotatable bonds is 8. The van der Waals surface area contributed by atoms with Crippen molar-refractivity contribution in [1.29, 1.82) is 0 Å². The van der Waals surface area contributed by atoms with E-state index in [9.17, 15) is 17.2 Å². The Morgan fingerprint density at radius 1 is 1.31 bits per heavy atom. The van der Waals surface area contributed by atoms with Crippen molar-refractivity contribution >= 4 is 16.0 Å². The smallest absolute Gasteiger partial charge is 0.387 e. The van der Waals surface area contributed by atoms with E-state index in [0.717, 1.165) is 11.8 Å². The zero-order valence-corrected chi connectivity index (χ0v) is 16.4. The number of alkyl halides is 2. The van der Waals surface area contributed by atoms with Crippen LogP contribution < -0.4 is 14.8 Å². The van der Waals surface area contributed by atoms with Gasteiger partial charge in [-0.25, -0.2) is 13.1 Å². The lowest BCUT2D eigenvalue weighted by atomic mass is 10.1. The maximum atomic E-state index is 12.2. The molecule has 0 radical (unpaired) electrons. The normalized spacial score (nSPS) is 13.0. The average molecular weight is 392 g/mol. The van der Waals surface area contributed by atoms with Gasteiger partial charge in [-0.3, -0.25) is 4.99 Å². The third-order valence-electron chi connectivity index (χ3n) is 3.29. The summed E-state index contributed by atoms with van der Waals surface area (Å²) in [6, 6.07) is 6.34. The highest BCUT2D eigenvalue weighted by Crippen LogP contribution is 2.15. The summed E-state index contributed by atoms with van der Waals surface area (Å²) in [6.45, 7) is 1.48. The van der Waals surface area contributed by atoms with Crippen LogP contribution in [-0.4, -0.2) is 58.3 Å². The van der Waals surface area contributed by atoms with Gasteiger partial charge in [-0.1, -0.05) is 12.1 Å². The standard InChI is InChI=1S/C16H26F2N4O3S/c1-16(2,21-26(5,23)24)11-20-15(19-3)22(4)10-12-6-8-13(9-7-12)25-14(17)18/h6-9,14,21H,10-11H2,1-5H3,(H,19,20). The molecule has 1 rings (SSSR count). The fraction of sp³-hybridized carbons (Fsp3) is 0.562. The summed E-state index contributed by atoms with van der Waals surface area (Å²) in [5, 5.41) is 3.11. The lowest BCUT2D eigenvalue weighted by molar-refractivity contribution is -0.0498. The molecule has 2 N–H and O–H groups in total. The minimum absolute atomic E-state index is 0.0995. The lowest BCUT2D eigenvalue weighted by Gasteiger charge is -2.29. The van der Waals surface area contributed by atoms with E-state index in [2.05, 4.69) is 19.8 Å². The number of sulfonamides is 1. The maximum Gasteiger partial charge on any atom is 0.387 e. The first-order valence-electron chi connectivity index (χ1n) is 7.86. The molecule has 0 fully saturated rings. The van der Waals surface area contributed by atoms with Gasteiger partial charge in [0.15, 0.2) is 5.96 Å². The van der Waals surface area contributed by atoms with Gasteiger partial charge in [0.1, 0.15) is 5.75 Å². The number of aliphatic imine (C=N–C) groups is 1. The van der Waals surface area contributed by atoms with Crippen LogP contribution in [-0.2, 0) is 16.6 Å². The molecule has 0 heterocycles. The van der Waals surface area contributed by atoms with E-state index in [-0.39, 0.29) is 5.75 Å². The van der Waals surface area contributed by atoms with Gasteiger partial charge in [0.25, 0.3) is 0 Å². The Morgan fingerprint density at radius 2 is 1.88 bits per heavy atom. The fourth-order valence-corrected chi connectivity index (χ4v) is 3.42. The first-order valence-corrected chi connectivity index (χ1v) is 9.75. The largest absolute Gasteiger partial charge is 0.435 e. The van der Waals surface area contributed by atoms with Crippen molar-refractivity contribution in [3.05, 3.63) is 29.8 Å². The van der Waals surface area contributed by atoms with Crippen LogP contribution in [0.2, 0.25) is 0 Å². The van der Waals surface area contributed by atoms with Crippen LogP contribution in [0.4, 0.5) is 8.78 Å². The van der Waals surface area contributed by atoms with E-state index >= 15 is 0 Å². The first-order chi connectivity index (χ1) is 11.9. The van der Waals surface area contributed by atoms with Crippen molar-refractivity contribution in [2.45, 2.75) is 32.5 Å². The minimum atomic E-state index is -3.33. The summed E-state index contributed by atoms with van der Waals surface area (Å²) in [6.07, 6.45) is 1.11. The Bertz CT molecular complexity index is 707. The van der Waals surface area contributed by atoms with Gasteiger partial charge < -0.3 is 15.0 Å². The van der Waals surface area contributed by atoms with Gasteiger partial charge in [-0.15, -0.1) is 0 Å². The van der Waals surface area contributed by atoms with Crippen molar-refractivity contribution in [3.8, 4) is 5.75 Å². The third-order valence-corrected chi connectivity index (χ3v) is 4.22. The summed E-state index contributed by atoms with van der Waals surface area (Å²) >= 11 is 0. The SMILES string of the molecule is CN=C(NCC(C)(C)NS(C)(=O)=O)N(C)Cc1ccc(OC(F)F)cc1. The van der Waals surface area contributed by atoms with Crippen LogP contribution in [0.25, 0.3) is 0 Å². The molecular formula is C16H26F2N4O3S. The van der Waals surface area contributed by atoms with Gasteiger partial charge in [0.05, 0.1) is 6.26 Å². The van der Waals surface area contributed by atoms with Crippen molar-refractivity contribution in [2.75, 3.05) is 26.9 Å². The number of ether oxygens (including phenoxy) is 1. The number of nitrogens with one attached hydrogen (secondary N) is 2. The quantitative estimate of drug-likeness (QED) is 0.519. The predicted octanol–water partition coefficient (Wildman–Crippen LogP) is 1.62. The molecule has 148 valence electrons. The molecule has 7 nitrogen and oxygen atoms in total. The minimum Gasteiger partial charge on any atom is -0.435 e. The Morgan fingerprint density at radius 3 is 2.35 bits per heavy atom. The summed E-state index contributed by atoms with van der Waals surface area (Å²) in [7, 11) is 0.109. The van der Waals surface area contributed by atoms with Crippen molar-refractivity contribution in [2.24, 2.45) is 4.99 Å². The Labute approximate surface area is 153 Å². The molecule has 0 aliphatic carbocycles. The van der Waals surface area contributed by atoms with E-state index in [1.54, 1.807) is 33.0 Å². The van der Waals surface area contributed by atoms with Crippen LogP contribution in [0.5, 0.6) is 5.75 Å². The molecule has 0 atom stereocenters. The monoisotopic (exact) mass is 392 g/mol. The first kappa shape index (κ1) is 22.1. The average Bonchev–Trinajstić information content (AvgIpc) is 2.46. The van der Waals surface area contributed by atoms with Crippen LogP contribution in [0.1, 0.15) is 19.4 Å². The zero-order chi connectivity index (χ0) is 20.0. The Kier molecular flexibility index (Phi) is 7.76. The number of benzene rings is 1. The topological polar surface area (TPSA) is 83.0 Å². The van der Waals surface area contributed by atoms with E-state index in [0.29, 0.717) is 19.0 Å². The van der Waals surface area contributed by atoms with Gasteiger partial charge in [0, 0.05) is 32.7 Å². The summed E-state index contributed by atoms with van der Waals surface area (Å²) < 4.78 is 54.0. The molecule has 0 saturated carbocycles. The fourth-order valence-electron chi connectivity index (χ4n) is 2.35. The van der Waals surface area contributed by atoms with Gasteiger partial charge in [-0.05, 0) is 31.5 Å². The number of hydrogen-bond acceptors (Lipinski definition) is 4. The van der Waals surface area contributed by atoms with Crippen LogP contribution >= 0.6 is 0 Å². The molecule has 26 heavy (non-hydrogen) atoms. The molecule has 0 spiro atoms. The van der Waals surface area contributed by atoms with Crippen molar-refractivity contribution in [3.63, 3.8) is 0 Å². The maximum absolute atomic E-state index is 12.2. The lowest BCUT2D eigenvalue weighted by Crippen LogP contribution is -2.53. The number of halogens is 2. The van der Waals surface area contributed by atoms with E-state index in [4.69, 9.17) is 0 Å². The number of nitrogens with zero attached hydrogens (tertiary/aromatic N) is 2. The predicted molar refractivity (Wildman–Crippen MR) is 98.0 cm³/mol. The summed E-state index contributed by atoms with van der Waals surface area (Å²) in [4.78, 5) is 6.00. The van der Waals surface area contributed by atoms with Gasteiger partial charge >= 0.3 is 6.61 Å². The molecular weight excluding hydrogens is 366 g/mol. The second-order valence-electron chi connectivity index (χ2n) is 6.54. The second-order valence-corrected chi connectivity index (χ2v) is 8.29. The highest BCUT2D eigenvalue weighted by molar-refractivity contribution is 7.88. The van der Waals surface area contributed by atoms with Crippen LogP contribution in [0.3, 0.4) is 0 Å². The van der Waals surface area contributed by atoms with Crippen LogP contribution in [0.15, 0.2) is 29.3 Å². The van der Waals surface area contributed by atoms with E-state index in [1.807, 2.05) is 11.9 Å². The summed E-state index contributed by atoms with van der Waals surface area (Å²) in [5.74, 6) is 0.670. The molecule has 0 amide bonds. The van der Waals surface area contributed by atoms with Gasteiger partial charge in [-0.2, -0.15) is 8.78 Å². The molecule has 0 aliphatic rings. The molecule has 1 aromatic rings. The third kappa shape index (κ3) is 8.43. The molecule has 0 saturated heterocycles. The van der Waals surface area contributed by atoms with Crippen LogP contribution in [0, 0.1) is 0 Å². The Balaban J connectivity index is 2.65. The molecule has 0 aromatic heterocycles. The molecule has 0 aliphatic heterocycles. The highest BCUT2D eigenvalue weighted by atomic mass is 32.2.